The Morgan fingerprint density at radius 1 is 1.35 bits per heavy atom. The van der Waals surface area contributed by atoms with E-state index in [9.17, 15) is 18.3 Å². The lowest BCUT2D eigenvalue weighted by Crippen LogP contribution is -2.14. The van der Waals surface area contributed by atoms with E-state index in [0.29, 0.717) is 5.56 Å². The molecule has 1 atom stereocenters. The molecule has 1 saturated heterocycles. The van der Waals surface area contributed by atoms with Gasteiger partial charge < -0.3 is 10.4 Å². The van der Waals surface area contributed by atoms with E-state index in [2.05, 4.69) is 21.2 Å². The molecule has 0 spiro atoms. The predicted octanol–water partition coefficient (Wildman–Crippen LogP) is 3.60. The summed E-state index contributed by atoms with van der Waals surface area (Å²) in [6.45, 7) is 0.762. The maximum absolute atomic E-state index is 12.6. The van der Waals surface area contributed by atoms with E-state index in [0.717, 1.165) is 31.5 Å². The summed E-state index contributed by atoms with van der Waals surface area (Å²) in [7, 11) is 0. The zero-order valence-corrected chi connectivity index (χ0v) is 10.4. The molecule has 1 fully saturated rings. The van der Waals surface area contributed by atoms with Crippen LogP contribution in [0.2, 0.25) is 0 Å². The zero-order valence-electron chi connectivity index (χ0n) is 8.81. The van der Waals surface area contributed by atoms with Crippen molar-refractivity contribution in [2.75, 3.05) is 6.54 Å². The number of phenolic OH excluding ortho intramolecular Hbond substituents is 1. The molecule has 1 aliphatic heterocycles. The highest BCUT2D eigenvalue weighted by atomic mass is 79.9. The molecular formula is C11H11BrF3NO. The number of alkyl halides is 3. The van der Waals surface area contributed by atoms with Gasteiger partial charge in [-0.2, -0.15) is 13.2 Å². The third-order valence-electron chi connectivity index (χ3n) is 2.86. The van der Waals surface area contributed by atoms with Crippen molar-refractivity contribution in [1.82, 2.24) is 5.32 Å². The van der Waals surface area contributed by atoms with Crippen LogP contribution in [0, 0.1) is 0 Å². The van der Waals surface area contributed by atoms with Crippen LogP contribution in [-0.2, 0) is 6.18 Å². The molecule has 0 amide bonds. The highest BCUT2D eigenvalue weighted by Gasteiger charge is 2.33. The molecule has 0 aromatic heterocycles. The maximum Gasteiger partial charge on any atom is 0.416 e. The lowest BCUT2D eigenvalue weighted by atomic mass is 10.0. The second-order valence-corrected chi connectivity index (χ2v) is 4.90. The second kappa shape index (κ2) is 4.49. The maximum atomic E-state index is 12.6. The fourth-order valence-corrected chi connectivity index (χ4v) is 2.48. The number of hydrogen-bond acceptors (Lipinski definition) is 2. The molecule has 0 radical (unpaired) electrons. The molecule has 94 valence electrons. The van der Waals surface area contributed by atoms with E-state index in [1.54, 1.807) is 0 Å². The van der Waals surface area contributed by atoms with Crippen LogP contribution in [0.1, 0.15) is 30.0 Å². The molecule has 2 nitrogen and oxygen atoms in total. The fourth-order valence-electron chi connectivity index (χ4n) is 2.00. The van der Waals surface area contributed by atoms with Gasteiger partial charge in [-0.25, -0.2) is 0 Å². The van der Waals surface area contributed by atoms with E-state index < -0.39 is 11.7 Å². The van der Waals surface area contributed by atoms with Gasteiger partial charge >= 0.3 is 6.18 Å². The van der Waals surface area contributed by atoms with Gasteiger partial charge in [-0.05, 0) is 47.4 Å². The molecular weight excluding hydrogens is 299 g/mol. The SMILES string of the molecule is Oc1c(Br)cc(C(F)(F)F)cc1C1CCCN1. The van der Waals surface area contributed by atoms with Gasteiger partial charge in [0.1, 0.15) is 5.75 Å². The normalized spacial score (nSPS) is 20.8. The summed E-state index contributed by atoms with van der Waals surface area (Å²) in [5.74, 6) is -0.114. The quantitative estimate of drug-likeness (QED) is 0.831. The summed E-state index contributed by atoms with van der Waals surface area (Å²) < 4.78 is 38.0. The van der Waals surface area contributed by atoms with E-state index >= 15 is 0 Å². The van der Waals surface area contributed by atoms with Gasteiger partial charge in [-0.3, -0.25) is 0 Å². The summed E-state index contributed by atoms with van der Waals surface area (Å²) in [6, 6.07) is 1.71. The first-order chi connectivity index (χ1) is 7.89. The van der Waals surface area contributed by atoms with Crippen LogP contribution in [0.3, 0.4) is 0 Å². The molecule has 2 N–H and O–H groups in total. The van der Waals surface area contributed by atoms with Gasteiger partial charge in [0.05, 0.1) is 10.0 Å². The van der Waals surface area contributed by atoms with Crippen LogP contribution in [0.5, 0.6) is 5.75 Å². The monoisotopic (exact) mass is 309 g/mol. The molecule has 0 aliphatic carbocycles. The lowest BCUT2D eigenvalue weighted by Gasteiger charge is -2.16. The molecule has 1 aliphatic rings. The number of nitrogens with one attached hydrogen (secondary N) is 1. The van der Waals surface area contributed by atoms with Crippen LogP contribution < -0.4 is 5.32 Å². The third-order valence-corrected chi connectivity index (χ3v) is 3.46. The molecule has 1 aromatic carbocycles. The molecule has 2 rings (SSSR count). The van der Waals surface area contributed by atoms with Gasteiger partial charge in [0, 0.05) is 11.6 Å². The number of rotatable bonds is 1. The second-order valence-electron chi connectivity index (χ2n) is 4.04. The zero-order chi connectivity index (χ0) is 12.6. The topological polar surface area (TPSA) is 32.3 Å². The van der Waals surface area contributed by atoms with Crippen molar-refractivity contribution in [3.8, 4) is 5.75 Å². The van der Waals surface area contributed by atoms with Crippen LogP contribution in [0.15, 0.2) is 16.6 Å². The van der Waals surface area contributed by atoms with E-state index in [1.807, 2.05) is 0 Å². The minimum absolute atomic E-state index is 0.0797. The van der Waals surface area contributed by atoms with Gasteiger partial charge in [-0.15, -0.1) is 0 Å². The smallest absolute Gasteiger partial charge is 0.416 e. The Hall–Kier alpha value is -0.750. The summed E-state index contributed by atoms with van der Waals surface area (Å²) in [5, 5.41) is 12.9. The Balaban J connectivity index is 2.46. The largest absolute Gasteiger partial charge is 0.506 e. The molecule has 6 heteroatoms. The average Bonchev–Trinajstić information content (AvgIpc) is 2.73. The summed E-state index contributed by atoms with van der Waals surface area (Å²) in [6.07, 6.45) is -2.76. The molecule has 1 aromatic rings. The van der Waals surface area contributed by atoms with Crippen molar-refractivity contribution in [1.29, 1.82) is 0 Å². The standard InChI is InChI=1S/C11H11BrF3NO/c12-8-5-6(11(13,14)15)4-7(10(8)17)9-2-1-3-16-9/h4-5,9,16-17H,1-3H2. The average molecular weight is 310 g/mol. The fraction of sp³-hybridized carbons (Fsp3) is 0.455. The van der Waals surface area contributed by atoms with Gasteiger partial charge in [0.2, 0.25) is 0 Å². The third kappa shape index (κ3) is 2.57. The minimum atomic E-state index is -4.40. The van der Waals surface area contributed by atoms with Gasteiger partial charge in [-0.1, -0.05) is 0 Å². The summed E-state index contributed by atoms with van der Waals surface area (Å²) in [5.41, 5.74) is -0.435. The van der Waals surface area contributed by atoms with E-state index in [1.165, 1.54) is 0 Å². The number of aromatic hydroxyl groups is 1. The Labute approximate surface area is 105 Å². The number of halogens is 4. The molecule has 17 heavy (non-hydrogen) atoms. The highest BCUT2D eigenvalue weighted by Crippen LogP contribution is 2.40. The molecule has 0 saturated carbocycles. The first kappa shape index (κ1) is 12.7. The van der Waals surface area contributed by atoms with Crippen LogP contribution in [0.4, 0.5) is 13.2 Å². The molecule has 1 unspecified atom stereocenters. The Bertz CT molecular complexity index is 427. The number of hydrogen-bond donors (Lipinski definition) is 2. The Kier molecular flexibility index (Phi) is 3.36. The predicted molar refractivity (Wildman–Crippen MR) is 60.8 cm³/mol. The van der Waals surface area contributed by atoms with Crippen LogP contribution >= 0.6 is 15.9 Å². The molecule has 1 heterocycles. The first-order valence-electron chi connectivity index (χ1n) is 5.22. The van der Waals surface area contributed by atoms with Crippen molar-refractivity contribution >= 4 is 15.9 Å². The van der Waals surface area contributed by atoms with Crippen molar-refractivity contribution < 1.29 is 18.3 Å². The van der Waals surface area contributed by atoms with Crippen molar-refractivity contribution in [2.45, 2.75) is 25.1 Å². The molecule has 0 bridgehead atoms. The first-order valence-corrected chi connectivity index (χ1v) is 6.02. The lowest BCUT2D eigenvalue weighted by molar-refractivity contribution is -0.137. The van der Waals surface area contributed by atoms with Crippen LogP contribution in [0.25, 0.3) is 0 Å². The Morgan fingerprint density at radius 2 is 2.06 bits per heavy atom. The van der Waals surface area contributed by atoms with E-state index in [-0.39, 0.29) is 16.3 Å². The van der Waals surface area contributed by atoms with Crippen LogP contribution in [-0.4, -0.2) is 11.7 Å². The number of phenols is 1. The van der Waals surface area contributed by atoms with Gasteiger partial charge in [0.15, 0.2) is 0 Å². The Morgan fingerprint density at radius 3 is 2.59 bits per heavy atom. The summed E-state index contributed by atoms with van der Waals surface area (Å²) in [4.78, 5) is 0. The van der Waals surface area contributed by atoms with Crippen molar-refractivity contribution in [2.24, 2.45) is 0 Å². The summed E-state index contributed by atoms with van der Waals surface area (Å²) >= 11 is 2.96. The van der Waals surface area contributed by atoms with Crippen molar-refractivity contribution in [3.63, 3.8) is 0 Å². The minimum Gasteiger partial charge on any atom is -0.506 e. The van der Waals surface area contributed by atoms with Gasteiger partial charge in [0.25, 0.3) is 0 Å². The highest BCUT2D eigenvalue weighted by molar-refractivity contribution is 9.10. The number of benzene rings is 1. The van der Waals surface area contributed by atoms with Crippen molar-refractivity contribution in [3.05, 3.63) is 27.7 Å². The van der Waals surface area contributed by atoms with E-state index in [4.69, 9.17) is 0 Å².